The van der Waals surface area contributed by atoms with E-state index < -0.39 is 0 Å². The third-order valence-electron chi connectivity index (χ3n) is 5.73. The molecule has 23 heavy (non-hydrogen) atoms. The number of para-hydroxylation sites is 1. The van der Waals surface area contributed by atoms with Gasteiger partial charge in [-0.25, -0.2) is 4.98 Å². The number of hydrogen-bond donors (Lipinski definition) is 0. The van der Waals surface area contributed by atoms with Gasteiger partial charge in [-0.05, 0) is 63.8 Å². The van der Waals surface area contributed by atoms with Gasteiger partial charge in [0.2, 0.25) is 0 Å². The van der Waals surface area contributed by atoms with Gasteiger partial charge in [0.15, 0.2) is 0 Å². The van der Waals surface area contributed by atoms with Gasteiger partial charge in [-0.15, -0.1) is 0 Å². The molecule has 0 amide bonds. The molecule has 2 aliphatic rings. The standard InChI is InChI=1S/C20H27N3/c1-15-14-17-7-3-4-8-19(17)21-20(15)22-12-9-18(10-13-22)23-11-5-6-16(23)2/h3-4,7-8,14,16,18H,5-6,9-13H2,1-2H3. The summed E-state index contributed by atoms with van der Waals surface area (Å²) in [5.74, 6) is 1.19. The number of benzene rings is 1. The van der Waals surface area contributed by atoms with Crippen molar-refractivity contribution >= 4 is 16.7 Å². The number of pyridine rings is 1. The molecule has 0 saturated carbocycles. The predicted octanol–water partition coefficient (Wildman–Crippen LogP) is 4.00. The Bertz CT molecular complexity index is 688. The predicted molar refractivity (Wildman–Crippen MR) is 97.1 cm³/mol. The summed E-state index contributed by atoms with van der Waals surface area (Å²) in [6.45, 7) is 8.18. The van der Waals surface area contributed by atoms with Gasteiger partial charge in [0, 0.05) is 30.6 Å². The van der Waals surface area contributed by atoms with Crippen molar-refractivity contribution in [1.29, 1.82) is 0 Å². The first-order valence-electron chi connectivity index (χ1n) is 9.09. The molecule has 3 heterocycles. The van der Waals surface area contributed by atoms with Gasteiger partial charge in [0.05, 0.1) is 5.52 Å². The van der Waals surface area contributed by atoms with Crippen LogP contribution in [0.15, 0.2) is 30.3 Å². The molecule has 0 radical (unpaired) electrons. The largest absolute Gasteiger partial charge is 0.356 e. The fraction of sp³-hybridized carbons (Fsp3) is 0.550. The number of anilines is 1. The van der Waals surface area contributed by atoms with Gasteiger partial charge in [-0.2, -0.15) is 0 Å². The molecule has 2 aromatic rings. The van der Waals surface area contributed by atoms with Crippen LogP contribution >= 0.6 is 0 Å². The smallest absolute Gasteiger partial charge is 0.132 e. The Morgan fingerprint density at radius 1 is 1.04 bits per heavy atom. The van der Waals surface area contributed by atoms with Gasteiger partial charge in [-0.3, -0.25) is 4.90 Å². The number of fused-ring (bicyclic) bond motifs is 1. The van der Waals surface area contributed by atoms with E-state index in [1.165, 1.54) is 49.0 Å². The van der Waals surface area contributed by atoms with Crippen LogP contribution in [0.5, 0.6) is 0 Å². The van der Waals surface area contributed by atoms with E-state index >= 15 is 0 Å². The van der Waals surface area contributed by atoms with Crippen molar-refractivity contribution in [2.24, 2.45) is 0 Å². The maximum Gasteiger partial charge on any atom is 0.132 e. The SMILES string of the molecule is Cc1cc2ccccc2nc1N1CCC(N2CCCC2C)CC1. The topological polar surface area (TPSA) is 19.4 Å². The average Bonchev–Trinajstić information content (AvgIpc) is 3.00. The molecular weight excluding hydrogens is 282 g/mol. The Labute approximate surface area is 139 Å². The Kier molecular flexibility index (Phi) is 3.98. The molecule has 0 bridgehead atoms. The van der Waals surface area contributed by atoms with Crippen molar-refractivity contribution in [3.63, 3.8) is 0 Å². The quantitative estimate of drug-likeness (QED) is 0.836. The molecule has 3 nitrogen and oxygen atoms in total. The molecule has 2 aliphatic heterocycles. The van der Waals surface area contributed by atoms with Crippen LogP contribution in [0, 0.1) is 6.92 Å². The van der Waals surface area contributed by atoms with Crippen molar-refractivity contribution in [3.8, 4) is 0 Å². The highest BCUT2D eigenvalue weighted by molar-refractivity contribution is 5.81. The Hall–Kier alpha value is -1.61. The zero-order valence-corrected chi connectivity index (χ0v) is 14.3. The Morgan fingerprint density at radius 3 is 2.57 bits per heavy atom. The van der Waals surface area contributed by atoms with Crippen LogP contribution in [0.2, 0.25) is 0 Å². The highest BCUT2D eigenvalue weighted by Gasteiger charge is 2.31. The minimum atomic E-state index is 0.782. The van der Waals surface area contributed by atoms with Crippen molar-refractivity contribution in [2.75, 3.05) is 24.5 Å². The van der Waals surface area contributed by atoms with E-state index in [2.05, 4.69) is 54.0 Å². The minimum absolute atomic E-state index is 0.782. The normalized spacial score (nSPS) is 23.7. The number of piperidine rings is 1. The molecule has 1 unspecified atom stereocenters. The maximum absolute atomic E-state index is 4.95. The second kappa shape index (κ2) is 6.12. The van der Waals surface area contributed by atoms with Crippen LogP contribution in [0.4, 0.5) is 5.82 Å². The van der Waals surface area contributed by atoms with Crippen LogP contribution in [0.1, 0.15) is 38.2 Å². The molecule has 0 aliphatic carbocycles. The van der Waals surface area contributed by atoms with Crippen LogP contribution in [-0.2, 0) is 0 Å². The van der Waals surface area contributed by atoms with Crippen molar-refractivity contribution in [2.45, 2.75) is 51.6 Å². The second-order valence-corrected chi connectivity index (χ2v) is 7.27. The van der Waals surface area contributed by atoms with Gasteiger partial charge in [0.25, 0.3) is 0 Å². The maximum atomic E-state index is 4.95. The van der Waals surface area contributed by atoms with Gasteiger partial charge in [-0.1, -0.05) is 18.2 Å². The first-order chi connectivity index (χ1) is 11.2. The number of hydrogen-bond acceptors (Lipinski definition) is 3. The number of rotatable bonds is 2. The summed E-state index contributed by atoms with van der Waals surface area (Å²) in [6.07, 6.45) is 5.31. The van der Waals surface area contributed by atoms with E-state index in [0.29, 0.717) is 0 Å². The number of likely N-dealkylation sites (tertiary alicyclic amines) is 1. The van der Waals surface area contributed by atoms with Gasteiger partial charge >= 0.3 is 0 Å². The summed E-state index contributed by atoms with van der Waals surface area (Å²) in [5.41, 5.74) is 2.42. The van der Waals surface area contributed by atoms with Gasteiger partial charge in [0.1, 0.15) is 5.82 Å². The van der Waals surface area contributed by atoms with E-state index in [0.717, 1.165) is 30.7 Å². The minimum Gasteiger partial charge on any atom is -0.356 e. The summed E-state index contributed by atoms with van der Waals surface area (Å²) in [4.78, 5) is 10.2. The summed E-state index contributed by atoms with van der Waals surface area (Å²) in [6, 6.07) is 12.3. The zero-order valence-electron chi connectivity index (χ0n) is 14.3. The summed E-state index contributed by atoms with van der Waals surface area (Å²) in [5, 5.41) is 1.24. The number of nitrogens with zero attached hydrogens (tertiary/aromatic N) is 3. The second-order valence-electron chi connectivity index (χ2n) is 7.27. The highest BCUT2D eigenvalue weighted by atomic mass is 15.2. The molecule has 0 spiro atoms. The molecular formula is C20H27N3. The summed E-state index contributed by atoms with van der Waals surface area (Å²) < 4.78 is 0. The van der Waals surface area contributed by atoms with Crippen molar-refractivity contribution in [3.05, 3.63) is 35.9 Å². The van der Waals surface area contributed by atoms with Gasteiger partial charge < -0.3 is 4.90 Å². The molecule has 3 heteroatoms. The van der Waals surface area contributed by atoms with Crippen molar-refractivity contribution in [1.82, 2.24) is 9.88 Å². The fourth-order valence-corrected chi connectivity index (χ4v) is 4.44. The molecule has 2 saturated heterocycles. The van der Waals surface area contributed by atoms with Crippen LogP contribution in [-0.4, -0.2) is 41.6 Å². The molecule has 0 N–H and O–H groups in total. The lowest BCUT2D eigenvalue weighted by atomic mass is 10.0. The van der Waals surface area contributed by atoms with E-state index in [4.69, 9.17) is 4.98 Å². The Morgan fingerprint density at radius 2 is 1.83 bits per heavy atom. The zero-order chi connectivity index (χ0) is 15.8. The first-order valence-corrected chi connectivity index (χ1v) is 9.09. The van der Waals surface area contributed by atoms with Crippen LogP contribution in [0.25, 0.3) is 10.9 Å². The third kappa shape index (κ3) is 2.83. The van der Waals surface area contributed by atoms with E-state index in [-0.39, 0.29) is 0 Å². The Balaban J connectivity index is 1.51. The summed E-state index contributed by atoms with van der Waals surface area (Å²) in [7, 11) is 0. The monoisotopic (exact) mass is 309 g/mol. The number of aryl methyl sites for hydroxylation is 1. The molecule has 122 valence electrons. The molecule has 1 aromatic heterocycles. The van der Waals surface area contributed by atoms with E-state index in [9.17, 15) is 0 Å². The lowest BCUT2D eigenvalue weighted by Crippen LogP contribution is -2.46. The lowest BCUT2D eigenvalue weighted by Gasteiger charge is -2.39. The lowest BCUT2D eigenvalue weighted by molar-refractivity contribution is 0.163. The number of aromatic nitrogens is 1. The summed E-state index contributed by atoms with van der Waals surface area (Å²) >= 11 is 0. The average molecular weight is 309 g/mol. The van der Waals surface area contributed by atoms with Crippen molar-refractivity contribution < 1.29 is 0 Å². The first kappa shape index (κ1) is 14.9. The highest BCUT2D eigenvalue weighted by Crippen LogP contribution is 2.29. The third-order valence-corrected chi connectivity index (χ3v) is 5.73. The van der Waals surface area contributed by atoms with E-state index in [1.807, 2.05) is 0 Å². The molecule has 4 rings (SSSR count). The molecule has 1 aromatic carbocycles. The molecule has 1 atom stereocenters. The fourth-order valence-electron chi connectivity index (χ4n) is 4.44. The molecule has 2 fully saturated rings. The van der Waals surface area contributed by atoms with Crippen LogP contribution in [0.3, 0.4) is 0 Å². The van der Waals surface area contributed by atoms with Crippen LogP contribution < -0.4 is 4.90 Å². The van der Waals surface area contributed by atoms with E-state index in [1.54, 1.807) is 0 Å².